The highest BCUT2D eigenvalue weighted by Crippen LogP contribution is 2.29. The van der Waals surface area contributed by atoms with Crippen LogP contribution >= 0.6 is 11.3 Å². The minimum atomic E-state index is -4.32. The molecule has 0 saturated carbocycles. The van der Waals surface area contributed by atoms with E-state index in [1.54, 1.807) is 11.3 Å². The van der Waals surface area contributed by atoms with Gasteiger partial charge in [0.05, 0.1) is 5.56 Å². The molecule has 0 aliphatic rings. The van der Waals surface area contributed by atoms with Gasteiger partial charge in [-0.25, -0.2) is 4.79 Å². The van der Waals surface area contributed by atoms with Crippen molar-refractivity contribution >= 4 is 17.4 Å². The molecule has 3 nitrogen and oxygen atoms in total. The predicted molar refractivity (Wildman–Crippen MR) is 84.6 cm³/mol. The fraction of sp³-hybridized carbons (Fsp3) is 0.312. The molecule has 124 valence electrons. The molecule has 0 bridgehead atoms. The van der Waals surface area contributed by atoms with Crippen LogP contribution in [0.15, 0.2) is 41.8 Å². The summed E-state index contributed by atoms with van der Waals surface area (Å²) in [6, 6.07) is 8.66. The van der Waals surface area contributed by atoms with Gasteiger partial charge in [-0.2, -0.15) is 13.2 Å². The van der Waals surface area contributed by atoms with Gasteiger partial charge < -0.3 is 10.6 Å². The lowest BCUT2D eigenvalue weighted by Gasteiger charge is -2.09. The standard InChI is InChI=1S/C16H17F3N2OS/c17-16(18,19)13-5-3-12(4-6-13)7-9-20-15(22)21-10-8-14-2-1-11-23-14/h1-6,11H,7-10H2,(H2,20,21,22). The summed E-state index contributed by atoms with van der Waals surface area (Å²) in [5, 5.41) is 7.42. The number of halogens is 3. The molecule has 0 fully saturated rings. The van der Waals surface area contributed by atoms with E-state index in [1.165, 1.54) is 17.0 Å². The Hall–Kier alpha value is -2.02. The lowest BCUT2D eigenvalue weighted by molar-refractivity contribution is -0.137. The van der Waals surface area contributed by atoms with Crippen LogP contribution < -0.4 is 10.6 Å². The van der Waals surface area contributed by atoms with Gasteiger partial charge in [0.25, 0.3) is 0 Å². The first-order valence-electron chi connectivity index (χ1n) is 7.15. The van der Waals surface area contributed by atoms with Gasteiger partial charge in [-0.1, -0.05) is 18.2 Å². The monoisotopic (exact) mass is 342 g/mol. The van der Waals surface area contributed by atoms with Gasteiger partial charge in [0.15, 0.2) is 0 Å². The number of carbonyl (C=O) groups excluding carboxylic acids is 1. The number of alkyl halides is 3. The van der Waals surface area contributed by atoms with Crippen molar-refractivity contribution in [3.63, 3.8) is 0 Å². The molecule has 2 rings (SSSR count). The van der Waals surface area contributed by atoms with E-state index in [0.717, 1.165) is 24.1 Å². The number of thiophene rings is 1. The SMILES string of the molecule is O=C(NCCc1ccc(C(F)(F)F)cc1)NCCc1cccs1. The van der Waals surface area contributed by atoms with Crippen molar-refractivity contribution in [1.82, 2.24) is 10.6 Å². The molecule has 1 aromatic heterocycles. The summed E-state index contributed by atoms with van der Waals surface area (Å²) in [5.41, 5.74) is 0.0809. The van der Waals surface area contributed by atoms with Gasteiger partial charge in [0.2, 0.25) is 0 Å². The van der Waals surface area contributed by atoms with Crippen LogP contribution in [0.5, 0.6) is 0 Å². The van der Waals surface area contributed by atoms with Crippen LogP contribution in [0.1, 0.15) is 16.0 Å². The summed E-state index contributed by atoms with van der Waals surface area (Å²) in [4.78, 5) is 12.8. The number of hydrogen-bond donors (Lipinski definition) is 2. The van der Waals surface area contributed by atoms with Gasteiger partial charge in [-0.15, -0.1) is 11.3 Å². The summed E-state index contributed by atoms with van der Waals surface area (Å²) < 4.78 is 37.3. The molecule has 2 N–H and O–H groups in total. The molecule has 2 amide bonds. The molecule has 2 aromatic rings. The highest BCUT2D eigenvalue weighted by molar-refractivity contribution is 7.09. The fourth-order valence-electron chi connectivity index (χ4n) is 2.00. The zero-order valence-corrected chi connectivity index (χ0v) is 13.1. The Morgan fingerprint density at radius 1 is 1.00 bits per heavy atom. The summed E-state index contributed by atoms with van der Waals surface area (Å²) >= 11 is 1.64. The van der Waals surface area contributed by atoms with Crippen molar-refractivity contribution in [3.05, 3.63) is 57.8 Å². The summed E-state index contributed by atoms with van der Waals surface area (Å²) in [6.45, 7) is 0.919. The Labute approximate surface area is 136 Å². The van der Waals surface area contributed by atoms with E-state index in [9.17, 15) is 18.0 Å². The molecule has 0 atom stereocenters. The van der Waals surface area contributed by atoms with E-state index in [0.29, 0.717) is 19.5 Å². The third kappa shape index (κ3) is 5.94. The molecule has 1 heterocycles. The Morgan fingerprint density at radius 2 is 1.65 bits per heavy atom. The highest BCUT2D eigenvalue weighted by atomic mass is 32.1. The van der Waals surface area contributed by atoms with Crippen molar-refractivity contribution < 1.29 is 18.0 Å². The Morgan fingerprint density at radius 3 is 2.22 bits per heavy atom. The molecule has 7 heteroatoms. The largest absolute Gasteiger partial charge is 0.416 e. The number of carbonyl (C=O) groups is 1. The first-order chi connectivity index (χ1) is 10.9. The fourth-order valence-corrected chi connectivity index (χ4v) is 2.71. The molecule has 0 aliphatic carbocycles. The third-order valence-electron chi connectivity index (χ3n) is 3.22. The first-order valence-corrected chi connectivity index (χ1v) is 8.03. The normalized spacial score (nSPS) is 11.3. The van der Waals surface area contributed by atoms with Crippen molar-refractivity contribution in [2.24, 2.45) is 0 Å². The predicted octanol–water partition coefficient (Wildman–Crippen LogP) is 3.85. The Kier molecular flexibility index (Phi) is 6.04. The zero-order valence-electron chi connectivity index (χ0n) is 12.3. The van der Waals surface area contributed by atoms with Crippen LogP contribution in [0.25, 0.3) is 0 Å². The van der Waals surface area contributed by atoms with Crippen molar-refractivity contribution in [2.45, 2.75) is 19.0 Å². The maximum absolute atomic E-state index is 12.4. The minimum Gasteiger partial charge on any atom is -0.338 e. The number of nitrogens with one attached hydrogen (secondary N) is 2. The molecule has 23 heavy (non-hydrogen) atoms. The lowest BCUT2D eigenvalue weighted by atomic mass is 10.1. The number of amides is 2. The number of urea groups is 1. The molecule has 0 saturated heterocycles. The van der Waals surface area contributed by atoms with Gasteiger partial charge in [0.1, 0.15) is 0 Å². The number of benzene rings is 1. The topological polar surface area (TPSA) is 41.1 Å². The average molecular weight is 342 g/mol. The van der Waals surface area contributed by atoms with Gasteiger partial charge >= 0.3 is 12.2 Å². The maximum Gasteiger partial charge on any atom is 0.416 e. The molecular weight excluding hydrogens is 325 g/mol. The Bertz CT molecular complexity index is 609. The molecule has 0 aliphatic heterocycles. The number of hydrogen-bond acceptors (Lipinski definition) is 2. The minimum absolute atomic E-state index is 0.270. The molecule has 1 aromatic carbocycles. The maximum atomic E-state index is 12.4. The average Bonchev–Trinajstić information content (AvgIpc) is 3.00. The smallest absolute Gasteiger partial charge is 0.338 e. The second-order valence-corrected chi connectivity index (χ2v) is 5.99. The van der Waals surface area contributed by atoms with Crippen LogP contribution in [0.3, 0.4) is 0 Å². The van der Waals surface area contributed by atoms with E-state index >= 15 is 0 Å². The quantitative estimate of drug-likeness (QED) is 0.822. The summed E-state index contributed by atoms with van der Waals surface area (Å²) in [5.74, 6) is 0. The molecule has 0 spiro atoms. The zero-order chi connectivity index (χ0) is 16.7. The van der Waals surface area contributed by atoms with Crippen LogP contribution in [0, 0.1) is 0 Å². The second-order valence-electron chi connectivity index (χ2n) is 4.96. The molecular formula is C16H17F3N2OS. The van der Waals surface area contributed by atoms with E-state index in [2.05, 4.69) is 10.6 Å². The Balaban J connectivity index is 1.65. The second kappa shape index (κ2) is 8.01. The van der Waals surface area contributed by atoms with Gasteiger partial charge in [0, 0.05) is 18.0 Å². The van der Waals surface area contributed by atoms with E-state index < -0.39 is 11.7 Å². The van der Waals surface area contributed by atoms with E-state index in [-0.39, 0.29) is 6.03 Å². The van der Waals surface area contributed by atoms with Crippen molar-refractivity contribution in [1.29, 1.82) is 0 Å². The summed E-state index contributed by atoms with van der Waals surface area (Å²) in [6.07, 6.45) is -3.06. The molecule has 0 unspecified atom stereocenters. The first kappa shape index (κ1) is 17.3. The summed E-state index contributed by atoms with van der Waals surface area (Å²) in [7, 11) is 0. The van der Waals surface area contributed by atoms with Crippen LogP contribution in [-0.2, 0) is 19.0 Å². The highest BCUT2D eigenvalue weighted by Gasteiger charge is 2.29. The van der Waals surface area contributed by atoms with Gasteiger partial charge in [-0.3, -0.25) is 0 Å². The lowest BCUT2D eigenvalue weighted by Crippen LogP contribution is -2.37. The van der Waals surface area contributed by atoms with Crippen LogP contribution in [-0.4, -0.2) is 19.1 Å². The van der Waals surface area contributed by atoms with Crippen molar-refractivity contribution in [2.75, 3.05) is 13.1 Å². The van der Waals surface area contributed by atoms with E-state index in [1.807, 2.05) is 17.5 Å². The molecule has 0 radical (unpaired) electrons. The van der Waals surface area contributed by atoms with Crippen molar-refractivity contribution in [3.8, 4) is 0 Å². The van der Waals surface area contributed by atoms with Crippen LogP contribution in [0.2, 0.25) is 0 Å². The number of rotatable bonds is 6. The van der Waals surface area contributed by atoms with E-state index in [4.69, 9.17) is 0 Å². The van der Waals surface area contributed by atoms with Crippen LogP contribution in [0.4, 0.5) is 18.0 Å². The third-order valence-corrected chi connectivity index (χ3v) is 4.15. The van der Waals surface area contributed by atoms with Gasteiger partial charge in [-0.05, 0) is 42.0 Å².